The van der Waals surface area contributed by atoms with Crippen LogP contribution in [0, 0.1) is 0 Å². The smallest absolute Gasteiger partial charge is 0.233 e. The molecule has 0 bridgehead atoms. The van der Waals surface area contributed by atoms with Gasteiger partial charge in [0.1, 0.15) is 0 Å². The van der Waals surface area contributed by atoms with Gasteiger partial charge in [-0.15, -0.1) is 0 Å². The maximum atomic E-state index is 11.9. The van der Waals surface area contributed by atoms with Gasteiger partial charge in [0.2, 0.25) is 17.0 Å². The lowest BCUT2D eigenvalue weighted by Gasteiger charge is -2.17. The van der Waals surface area contributed by atoms with Crippen LogP contribution in [0.25, 0.3) is 0 Å². The average molecular weight is 377 g/mol. The summed E-state index contributed by atoms with van der Waals surface area (Å²) in [5.41, 5.74) is 0. The van der Waals surface area contributed by atoms with Crippen molar-refractivity contribution < 1.29 is 9.59 Å². The van der Waals surface area contributed by atoms with Gasteiger partial charge >= 0.3 is 0 Å². The number of nitrogens with zero attached hydrogens (tertiary/aromatic N) is 4. The van der Waals surface area contributed by atoms with E-state index >= 15 is 0 Å². The highest BCUT2D eigenvalue weighted by Gasteiger charge is 2.14. The Labute approximate surface area is 150 Å². The molecule has 0 aliphatic rings. The molecule has 1 aromatic rings. The van der Waals surface area contributed by atoms with Crippen molar-refractivity contribution in [3.05, 3.63) is 0 Å². The summed E-state index contributed by atoms with van der Waals surface area (Å²) in [4.78, 5) is 31.8. The summed E-state index contributed by atoms with van der Waals surface area (Å²) < 4.78 is 5.01. The molecule has 0 atom stereocenters. The summed E-state index contributed by atoms with van der Waals surface area (Å²) >= 11 is 4.02. The first-order valence-corrected chi connectivity index (χ1v) is 10.4. The third-order valence-electron chi connectivity index (χ3n) is 3.26. The number of hydrogen-bond acceptors (Lipinski definition) is 7. The lowest BCUT2D eigenvalue weighted by molar-refractivity contribution is -0.128. The molecule has 130 valence electrons. The Balaban J connectivity index is 2.43. The molecule has 0 saturated carbocycles. The molecule has 1 aromatic heterocycles. The predicted molar refractivity (Wildman–Crippen MR) is 97.2 cm³/mol. The highest BCUT2D eigenvalue weighted by Crippen LogP contribution is 2.25. The first-order valence-electron chi connectivity index (χ1n) is 7.70. The molecule has 1 rings (SSSR count). The fourth-order valence-corrected chi connectivity index (χ4v) is 4.33. The Bertz CT molecular complexity index is 459. The molecule has 0 aliphatic carbocycles. The van der Waals surface area contributed by atoms with E-state index in [-0.39, 0.29) is 11.8 Å². The van der Waals surface area contributed by atoms with Crippen LogP contribution in [-0.2, 0) is 9.59 Å². The van der Waals surface area contributed by atoms with Crippen LogP contribution < -0.4 is 0 Å². The maximum absolute atomic E-state index is 11.9. The van der Waals surface area contributed by atoms with Gasteiger partial charge in [0.15, 0.2) is 4.34 Å². The summed E-state index contributed by atoms with van der Waals surface area (Å²) in [5, 5.41) is 0.605. The summed E-state index contributed by atoms with van der Waals surface area (Å²) in [6, 6.07) is 0. The van der Waals surface area contributed by atoms with Gasteiger partial charge in [-0.1, -0.05) is 23.5 Å². The molecule has 0 radical (unpaired) electrons. The van der Waals surface area contributed by atoms with E-state index in [0.717, 1.165) is 30.5 Å². The minimum Gasteiger partial charge on any atom is -0.343 e. The number of hydrogen-bond donors (Lipinski definition) is 0. The van der Waals surface area contributed by atoms with Crippen LogP contribution in [0.15, 0.2) is 9.50 Å². The van der Waals surface area contributed by atoms with Crippen molar-refractivity contribution in [1.29, 1.82) is 0 Å². The van der Waals surface area contributed by atoms with Crippen molar-refractivity contribution >= 4 is 46.9 Å². The second kappa shape index (κ2) is 10.9. The van der Waals surface area contributed by atoms with E-state index in [9.17, 15) is 9.59 Å². The van der Waals surface area contributed by atoms with E-state index in [0.29, 0.717) is 16.7 Å². The average Bonchev–Trinajstić information content (AvgIpc) is 3.01. The van der Waals surface area contributed by atoms with Crippen LogP contribution in [0.5, 0.6) is 0 Å². The standard InChI is InChI=1S/C14H24N4O2S3/c1-5-17(6-2)11(19)9-21-13-15-14(23-16-13)22-10-12(20)18(7-3)8-4/h5-10H2,1-4H3. The van der Waals surface area contributed by atoms with Crippen LogP contribution in [0.2, 0.25) is 0 Å². The molecule has 0 saturated heterocycles. The topological polar surface area (TPSA) is 66.4 Å². The Kier molecular flexibility index (Phi) is 9.57. The second-order valence-corrected chi connectivity index (χ2v) is 7.47. The van der Waals surface area contributed by atoms with Gasteiger partial charge in [-0.05, 0) is 39.2 Å². The molecule has 0 aliphatic heterocycles. The van der Waals surface area contributed by atoms with Gasteiger partial charge < -0.3 is 9.80 Å². The Morgan fingerprint density at radius 2 is 1.39 bits per heavy atom. The summed E-state index contributed by atoms with van der Waals surface area (Å²) in [6.45, 7) is 10.8. The van der Waals surface area contributed by atoms with E-state index in [1.54, 1.807) is 9.80 Å². The highest BCUT2D eigenvalue weighted by molar-refractivity contribution is 8.02. The van der Waals surface area contributed by atoms with Gasteiger partial charge in [0.05, 0.1) is 11.5 Å². The van der Waals surface area contributed by atoms with E-state index < -0.39 is 0 Å². The van der Waals surface area contributed by atoms with Crippen molar-refractivity contribution in [1.82, 2.24) is 19.2 Å². The van der Waals surface area contributed by atoms with Crippen molar-refractivity contribution in [2.24, 2.45) is 0 Å². The molecular formula is C14H24N4O2S3. The van der Waals surface area contributed by atoms with E-state index in [1.807, 2.05) is 27.7 Å². The van der Waals surface area contributed by atoms with Gasteiger partial charge in [0.25, 0.3) is 0 Å². The fraction of sp³-hybridized carbons (Fsp3) is 0.714. The zero-order chi connectivity index (χ0) is 17.2. The van der Waals surface area contributed by atoms with Crippen molar-refractivity contribution in [2.45, 2.75) is 37.2 Å². The fourth-order valence-electron chi connectivity index (χ4n) is 1.90. The zero-order valence-corrected chi connectivity index (χ0v) is 16.5. The molecule has 2 amide bonds. The van der Waals surface area contributed by atoms with Crippen molar-refractivity contribution in [2.75, 3.05) is 37.7 Å². The monoisotopic (exact) mass is 376 g/mol. The van der Waals surface area contributed by atoms with E-state index in [4.69, 9.17) is 0 Å². The molecule has 0 aromatic carbocycles. The third kappa shape index (κ3) is 6.68. The molecule has 1 heterocycles. The van der Waals surface area contributed by atoms with Crippen LogP contribution in [0.4, 0.5) is 0 Å². The van der Waals surface area contributed by atoms with Crippen molar-refractivity contribution in [3.63, 3.8) is 0 Å². The largest absolute Gasteiger partial charge is 0.343 e. The Morgan fingerprint density at radius 1 is 0.913 bits per heavy atom. The molecule has 0 N–H and O–H groups in total. The third-order valence-corrected chi connectivity index (χ3v) is 6.03. The van der Waals surface area contributed by atoms with E-state index in [2.05, 4.69) is 9.36 Å². The number of thioether (sulfide) groups is 2. The molecule has 0 unspecified atom stereocenters. The van der Waals surface area contributed by atoms with Gasteiger partial charge in [-0.2, -0.15) is 4.37 Å². The molecule has 23 heavy (non-hydrogen) atoms. The SMILES string of the molecule is CCN(CC)C(=O)CSc1nsc(SCC(=O)N(CC)CC)n1. The lowest BCUT2D eigenvalue weighted by Crippen LogP contribution is -2.31. The Hall–Kier alpha value is -0.800. The van der Waals surface area contributed by atoms with Gasteiger partial charge in [-0.3, -0.25) is 9.59 Å². The summed E-state index contributed by atoms with van der Waals surface area (Å²) in [6.07, 6.45) is 0. The number of aromatic nitrogens is 2. The molecule has 6 nitrogen and oxygen atoms in total. The highest BCUT2D eigenvalue weighted by atomic mass is 32.2. The quantitative estimate of drug-likeness (QED) is 0.585. The Morgan fingerprint density at radius 3 is 1.87 bits per heavy atom. The minimum absolute atomic E-state index is 0.0979. The van der Waals surface area contributed by atoms with Gasteiger partial charge in [0, 0.05) is 26.2 Å². The predicted octanol–water partition coefficient (Wildman–Crippen LogP) is 2.46. The number of carbonyl (C=O) groups is 2. The molecule has 0 spiro atoms. The van der Waals surface area contributed by atoms with Crippen molar-refractivity contribution in [3.8, 4) is 0 Å². The number of amides is 2. The summed E-state index contributed by atoms with van der Waals surface area (Å²) in [5.74, 6) is 0.933. The van der Waals surface area contributed by atoms with Gasteiger partial charge in [-0.25, -0.2) is 4.98 Å². The van der Waals surface area contributed by atoms with Crippen LogP contribution >= 0.6 is 35.1 Å². The van der Waals surface area contributed by atoms with Crippen LogP contribution in [-0.4, -0.2) is 68.7 Å². The molecule has 9 heteroatoms. The first kappa shape index (κ1) is 20.2. The zero-order valence-electron chi connectivity index (χ0n) is 14.1. The summed E-state index contributed by atoms with van der Waals surface area (Å²) in [7, 11) is 0. The molecule has 0 fully saturated rings. The normalized spacial score (nSPS) is 10.6. The maximum Gasteiger partial charge on any atom is 0.233 e. The van der Waals surface area contributed by atoms with Crippen LogP contribution in [0.1, 0.15) is 27.7 Å². The first-order chi connectivity index (χ1) is 11.0. The van der Waals surface area contributed by atoms with Crippen LogP contribution in [0.3, 0.4) is 0 Å². The second-order valence-electron chi connectivity index (χ2n) is 4.55. The number of carbonyl (C=O) groups excluding carboxylic acids is 2. The minimum atomic E-state index is 0.0979. The van der Waals surface area contributed by atoms with E-state index in [1.165, 1.54) is 35.1 Å². The number of rotatable bonds is 10. The lowest BCUT2D eigenvalue weighted by atomic mass is 10.5. The molecular weight excluding hydrogens is 352 g/mol.